The highest BCUT2D eigenvalue weighted by molar-refractivity contribution is 6.31. The van der Waals surface area contributed by atoms with Gasteiger partial charge in [-0.2, -0.15) is 0 Å². The van der Waals surface area contributed by atoms with Gasteiger partial charge in [0.2, 0.25) is 0 Å². The molecule has 0 saturated heterocycles. The summed E-state index contributed by atoms with van der Waals surface area (Å²) in [5.41, 5.74) is 1.39. The Morgan fingerprint density at radius 1 is 0.576 bits per heavy atom. The van der Waals surface area contributed by atoms with E-state index in [2.05, 4.69) is 0 Å². The Balaban J connectivity index is 1.67. The molecule has 1 saturated carbocycles. The maximum atomic E-state index is 14.3. The van der Waals surface area contributed by atoms with Crippen LogP contribution < -0.4 is 0 Å². The van der Waals surface area contributed by atoms with E-state index in [-0.39, 0.29) is 30.2 Å². The molecular formula is C30H22O3. The van der Waals surface area contributed by atoms with Crippen LogP contribution in [-0.4, -0.2) is 17.3 Å². The fourth-order valence-corrected chi connectivity index (χ4v) is 6.14. The van der Waals surface area contributed by atoms with Crippen LogP contribution in [0.3, 0.4) is 0 Å². The van der Waals surface area contributed by atoms with Gasteiger partial charge < -0.3 is 0 Å². The van der Waals surface area contributed by atoms with Crippen molar-refractivity contribution >= 4 is 28.1 Å². The fourth-order valence-electron chi connectivity index (χ4n) is 6.14. The zero-order valence-corrected chi connectivity index (χ0v) is 18.0. The van der Waals surface area contributed by atoms with Crippen LogP contribution in [0.1, 0.15) is 56.5 Å². The number of ketones is 3. The molecule has 0 bridgehead atoms. The minimum atomic E-state index is -1.33. The zero-order chi connectivity index (χ0) is 22.6. The van der Waals surface area contributed by atoms with Crippen LogP contribution >= 0.6 is 0 Å². The van der Waals surface area contributed by atoms with Crippen LogP contribution in [0.4, 0.5) is 0 Å². The van der Waals surface area contributed by atoms with Crippen LogP contribution in [0.5, 0.6) is 0 Å². The Bertz CT molecular complexity index is 1390. The smallest absolute Gasteiger partial charge is 0.178 e. The third kappa shape index (κ3) is 2.72. The van der Waals surface area contributed by atoms with E-state index in [1.165, 1.54) is 0 Å². The van der Waals surface area contributed by atoms with Gasteiger partial charge in [-0.3, -0.25) is 14.4 Å². The summed E-state index contributed by atoms with van der Waals surface area (Å²) in [6.45, 7) is 0. The first kappa shape index (κ1) is 19.8. The molecule has 1 spiro atoms. The van der Waals surface area contributed by atoms with Crippen LogP contribution in [0, 0.1) is 5.41 Å². The second-order valence-electron chi connectivity index (χ2n) is 9.10. The van der Waals surface area contributed by atoms with Gasteiger partial charge in [0.25, 0.3) is 0 Å². The van der Waals surface area contributed by atoms with E-state index >= 15 is 0 Å². The highest BCUT2D eigenvalue weighted by Crippen LogP contribution is 2.60. The molecule has 33 heavy (non-hydrogen) atoms. The van der Waals surface area contributed by atoms with Gasteiger partial charge in [-0.1, -0.05) is 97.1 Å². The number of Topliss-reactive ketones (excluding diaryl/α,β-unsaturated/α-hetero) is 3. The van der Waals surface area contributed by atoms with Gasteiger partial charge in [0, 0.05) is 35.8 Å². The van der Waals surface area contributed by atoms with Crippen molar-refractivity contribution in [2.45, 2.75) is 24.7 Å². The third-order valence-electron chi connectivity index (χ3n) is 7.53. The molecule has 3 heteroatoms. The van der Waals surface area contributed by atoms with Crippen molar-refractivity contribution in [3.8, 4) is 0 Å². The summed E-state index contributed by atoms with van der Waals surface area (Å²) in [6, 6.07) is 30.7. The lowest BCUT2D eigenvalue weighted by molar-refractivity contribution is -0.122. The molecule has 2 aliphatic carbocycles. The van der Waals surface area contributed by atoms with E-state index < -0.39 is 17.3 Å². The molecule has 0 amide bonds. The fraction of sp³-hybridized carbons (Fsp3) is 0.167. The molecule has 0 aliphatic heterocycles. The molecular weight excluding hydrogens is 408 g/mol. The lowest BCUT2D eigenvalue weighted by atomic mass is 9.53. The van der Waals surface area contributed by atoms with E-state index in [1.54, 1.807) is 12.1 Å². The first-order valence-electron chi connectivity index (χ1n) is 11.4. The van der Waals surface area contributed by atoms with E-state index in [4.69, 9.17) is 0 Å². The van der Waals surface area contributed by atoms with Gasteiger partial charge in [-0.05, 0) is 21.9 Å². The maximum absolute atomic E-state index is 14.3. The van der Waals surface area contributed by atoms with Gasteiger partial charge in [-0.15, -0.1) is 0 Å². The SMILES string of the molecule is O=C1C[C@H](c2cccc3ccccc23)C2(C(=O)c3ccccc3C2=O)[C@H](c2ccccc2)C1. The average molecular weight is 431 g/mol. The first-order chi connectivity index (χ1) is 16.1. The second-order valence-corrected chi connectivity index (χ2v) is 9.10. The molecule has 2 aliphatic rings. The molecule has 0 N–H and O–H groups in total. The Hall–Kier alpha value is -3.85. The molecule has 4 aromatic carbocycles. The average Bonchev–Trinajstić information content (AvgIpc) is 3.08. The Labute approximate surface area is 192 Å². The topological polar surface area (TPSA) is 51.2 Å². The number of hydrogen-bond donors (Lipinski definition) is 0. The lowest BCUT2D eigenvalue weighted by Crippen LogP contribution is -2.49. The highest BCUT2D eigenvalue weighted by Gasteiger charge is 2.64. The molecule has 4 aromatic rings. The third-order valence-corrected chi connectivity index (χ3v) is 7.53. The van der Waals surface area contributed by atoms with Crippen molar-refractivity contribution in [1.29, 1.82) is 0 Å². The number of rotatable bonds is 2. The largest absolute Gasteiger partial charge is 0.300 e. The van der Waals surface area contributed by atoms with Crippen LogP contribution in [0.2, 0.25) is 0 Å². The summed E-state index contributed by atoms with van der Waals surface area (Å²) >= 11 is 0. The maximum Gasteiger partial charge on any atom is 0.178 e. The second kappa shape index (κ2) is 7.35. The monoisotopic (exact) mass is 430 g/mol. The molecule has 0 aromatic heterocycles. The van der Waals surface area contributed by atoms with Crippen molar-refractivity contribution in [1.82, 2.24) is 0 Å². The quantitative estimate of drug-likeness (QED) is 0.359. The molecule has 160 valence electrons. The zero-order valence-electron chi connectivity index (χ0n) is 18.0. The summed E-state index contributed by atoms with van der Waals surface area (Å²) in [7, 11) is 0. The molecule has 3 nitrogen and oxygen atoms in total. The standard InChI is InChI=1S/C30H22O3/c31-21-17-26(20-10-2-1-3-11-20)30(28(32)24-14-6-7-15-25(24)29(30)33)27(18-21)23-16-8-12-19-9-4-5-13-22(19)23/h1-16,26-27H,17-18H2/t26-,27+/m0/s1. The lowest BCUT2D eigenvalue weighted by Gasteiger charge is -2.45. The van der Waals surface area contributed by atoms with E-state index in [0.717, 1.165) is 21.9 Å². The van der Waals surface area contributed by atoms with Crippen molar-refractivity contribution in [3.63, 3.8) is 0 Å². The van der Waals surface area contributed by atoms with Gasteiger partial charge in [0.15, 0.2) is 11.6 Å². The Morgan fingerprint density at radius 2 is 1.15 bits per heavy atom. The predicted molar refractivity (Wildman–Crippen MR) is 128 cm³/mol. The predicted octanol–water partition coefficient (Wildman–Crippen LogP) is 6.14. The normalized spacial score (nSPS) is 21.5. The van der Waals surface area contributed by atoms with Gasteiger partial charge in [0.05, 0.1) is 0 Å². The number of benzene rings is 4. The molecule has 2 atom stereocenters. The van der Waals surface area contributed by atoms with Crippen molar-refractivity contribution in [2.24, 2.45) is 5.41 Å². The minimum absolute atomic E-state index is 0.0870. The summed E-state index contributed by atoms with van der Waals surface area (Å²) in [6.07, 6.45) is 0.375. The van der Waals surface area contributed by atoms with E-state index in [0.29, 0.717) is 11.1 Å². The highest BCUT2D eigenvalue weighted by atomic mass is 16.2. The van der Waals surface area contributed by atoms with Crippen molar-refractivity contribution < 1.29 is 14.4 Å². The molecule has 0 radical (unpaired) electrons. The van der Waals surface area contributed by atoms with Gasteiger partial charge in [0.1, 0.15) is 11.2 Å². The summed E-state index contributed by atoms with van der Waals surface area (Å²) in [4.78, 5) is 41.7. The van der Waals surface area contributed by atoms with Crippen molar-refractivity contribution in [2.75, 3.05) is 0 Å². The summed E-state index contributed by atoms with van der Waals surface area (Å²) in [5.74, 6) is -1.24. The molecule has 6 rings (SSSR count). The summed E-state index contributed by atoms with van der Waals surface area (Å²) in [5, 5.41) is 2.03. The van der Waals surface area contributed by atoms with E-state index in [1.807, 2.05) is 84.9 Å². The van der Waals surface area contributed by atoms with Crippen LogP contribution in [-0.2, 0) is 4.79 Å². The summed E-state index contributed by atoms with van der Waals surface area (Å²) < 4.78 is 0. The van der Waals surface area contributed by atoms with E-state index in [9.17, 15) is 14.4 Å². The van der Waals surface area contributed by atoms with Gasteiger partial charge in [-0.25, -0.2) is 0 Å². The minimum Gasteiger partial charge on any atom is -0.300 e. The molecule has 1 fully saturated rings. The number of fused-ring (bicyclic) bond motifs is 2. The van der Waals surface area contributed by atoms with Crippen molar-refractivity contribution in [3.05, 3.63) is 119 Å². The molecule has 0 heterocycles. The number of carbonyl (C=O) groups is 3. The Kier molecular flexibility index (Phi) is 4.41. The van der Waals surface area contributed by atoms with Gasteiger partial charge >= 0.3 is 0 Å². The number of hydrogen-bond acceptors (Lipinski definition) is 3. The van der Waals surface area contributed by atoms with Crippen LogP contribution in [0.15, 0.2) is 97.1 Å². The number of carbonyl (C=O) groups excluding carboxylic acids is 3. The Morgan fingerprint density at radius 3 is 1.88 bits per heavy atom. The first-order valence-corrected chi connectivity index (χ1v) is 11.4. The molecule has 0 unspecified atom stereocenters. The van der Waals surface area contributed by atoms with Crippen LogP contribution in [0.25, 0.3) is 10.8 Å².